The number of ether oxygens (including phenoxy) is 2. The lowest BCUT2D eigenvalue weighted by Gasteiger charge is -2.40. The second-order valence-corrected chi connectivity index (χ2v) is 11.9. The van der Waals surface area contributed by atoms with Crippen LogP contribution in [0.5, 0.6) is 11.5 Å². The third-order valence-electron chi connectivity index (χ3n) is 9.05. The van der Waals surface area contributed by atoms with Crippen LogP contribution in [0.3, 0.4) is 0 Å². The number of fused-ring (bicyclic) bond motifs is 3. The molecule has 3 fully saturated rings. The van der Waals surface area contributed by atoms with Crippen molar-refractivity contribution in [1.82, 2.24) is 16.0 Å². The minimum Gasteiger partial charge on any atom is -0.504 e. The number of aliphatic hydroxyl groups excluding tert-OH is 4. The minimum absolute atomic E-state index is 0.0129. The topological polar surface area (TPSA) is 236 Å². The van der Waals surface area contributed by atoms with E-state index in [1.807, 2.05) is 23.1 Å². The smallest absolute Gasteiger partial charge is 0.242 e. The van der Waals surface area contributed by atoms with Gasteiger partial charge in [0.2, 0.25) is 12.2 Å². The van der Waals surface area contributed by atoms with E-state index >= 15 is 0 Å². The Morgan fingerprint density at radius 3 is 2.36 bits per heavy atom. The molecule has 0 radical (unpaired) electrons. The van der Waals surface area contributed by atoms with E-state index in [2.05, 4.69) is 16.0 Å². The standard InChI is InChI=1S/C32H33N5O10/c33-32-35-29-21(30(45)36-32)34-12-37(29)18-8-4-1-5-13(18)9-14-10-17-20(23(40)16-7-3-2-6-15(16)22(17)39)25(42)28(14)47-31-27(44)26(43)24(41)19(11-38)46-31/h1-8,10,19,21,24,26-27,29,31-32,34-35,38,41-44H,9,11-12,33H2,(H,36,45). The van der Waals surface area contributed by atoms with Crippen molar-refractivity contribution < 1.29 is 49.4 Å². The van der Waals surface area contributed by atoms with E-state index in [1.165, 1.54) is 18.2 Å². The van der Waals surface area contributed by atoms with Gasteiger partial charge < -0.3 is 45.2 Å². The zero-order valence-electron chi connectivity index (χ0n) is 24.7. The van der Waals surface area contributed by atoms with Gasteiger partial charge in [0.25, 0.3) is 0 Å². The summed E-state index contributed by atoms with van der Waals surface area (Å²) in [6.07, 6.45) is -9.51. The molecule has 3 heterocycles. The molecule has 0 spiro atoms. The summed E-state index contributed by atoms with van der Waals surface area (Å²) in [5, 5.41) is 61.8. The summed E-state index contributed by atoms with van der Waals surface area (Å²) in [6, 6.07) is 14.3. The maximum atomic E-state index is 13.7. The summed E-state index contributed by atoms with van der Waals surface area (Å²) >= 11 is 0. The van der Waals surface area contributed by atoms with Gasteiger partial charge >= 0.3 is 0 Å². The highest BCUT2D eigenvalue weighted by molar-refractivity contribution is 6.29. The highest BCUT2D eigenvalue weighted by atomic mass is 16.7. The summed E-state index contributed by atoms with van der Waals surface area (Å²) < 4.78 is 11.6. The van der Waals surface area contributed by atoms with Gasteiger partial charge in [-0.25, -0.2) is 0 Å². The number of aromatic hydroxyl groups is 1. The number of phenols is 1. The van der Waals surface area contributed by atoms with E-state index < -0.39 is 73.1 Å². The number of ketones is 2. The number of amides is 1. The third-order valence-corrected chi connectivity index (χ3v) is 9.05. The second-order valence-electron chi connectivity index (χ2n) is 11.9. The fourth-order valence-corrected chi connectivity index (χ4v) is 6.67. The number of carbonyl (C=O) groups is 3. The van der Waals surface area contributed by atoms with Gasteiger partial charge in [-0.15, -0.1) is 0 Å². The van der Waals surface area contributed by atoms with Crippen LogP contribution < -0.4 is 31.3 Å². The Bertz CT molecular complexity index is 1770. The summed E-state index contributed by atoms with van der Waals surface area (Å²) in [7, 11) is 0. The molecule has 3 aromatic rings. The summed E-state index contributed by atoms with van der Waals surface area (Å²) in [5.74, 6) is -2.36. The quantitative estimate of drug-likeness (QED) is 0.110. The highest BCUT2D eigenvalue weighted by Gasteiger charge is 2.46. The van der Waals surface area contributed by atoms with Crippen molar-refractivity contribution in [1.29, 1.82) is 0 Å². The predicted octanol–water partition coefficient (Wildman–Crippen LogP) is -2.04. The molecule has 3 saturated heterocycles. The predicted molar refractivity (Wildman–Crippen MR) is 162 cm³/mol. The average Bonchev–Trinajstić information content (AvgIpc) is 3.49. The number of nitrogens with one attached hydrogen (secondary N) is 3. The molecule has 3 aromatic carbocycles. The van der Waals surface area contributed by atoms with Crippen LogP contribution in [0.2, 0.25) is 0 Å². The van der Waals surface area contributed by atoms with Gasteiger partial charge in [-0.3, -0.25) is 30.8 Å². The number of anilines is 1. The van der Waals surface area contributed by atoms with Gasteiger partial charge in [-0.1, -0.05) is 42.5 Å². The fourth-order valence-electron chi connectivity index (χ4n) is 6.67. The van der Waals surface area contributed by atoms with Crippen molar-refractivity contribution in [2.45, 2.75) is 55.6 Å². The van der Waals surface area contributed by atoms with Gasteiger partial charge in [0.1, 0.15) is 42.9 Å². The summed E-state index contributed by atoms with van der Waals surface area (Å²) in [6.45, 7) is -0.431. The fraction of sp³-hybridized carbons (Fsp3) is 0.344. The maximum Gasteiger partial charge on any atom is 0.242 e. The summed E-state index contributed by atoms with van der Waals surface area (Å²) in [5.41, 5.74) is 7.48. The number of nitrogens with two attached hydrogens (primary N) is 1. The Morgan fingerprint density at radius 2 is 1.62 bits per heavy atom. The van der Waals surface area contributed by atoms with Crippen LogP contribution >= 0.6 is 0 Å². The maximum absolute atomic E-state index is 13.7. The lowest BCUT2D eigenvalue weighted by molar-refractivity contribution is -0.277. The number of carbonyl (C=O) groups excluding carboxylic acids is 3. The molecular formula is C32H33N5O10. The molecule has 8 atom stereocenters. The van der Waals surface area contributed by atoms with Crippen LogP contribution in [0.1, 0.15) is 43.0 Å². The average molecular weight is 648 g/mol. The van der Waals surface area contributed by atoms with Gasteiger partial charge in [0, 0.05) is 34.4 Å². The van der Waals surface area contributed by atoms with Crippen molar-refractivity contribution in [2.24, 2.45) is 5.73 Å². The number of benzene rings is 3. The molecule has 0 aromatic heterocycles. The molecule has 0 bridgehead atoms. The van der Waals surface area contributed by atoms with E-state index in [0.29, 0.717) is 11.3 Å². The lowest BCUT2D eigenvalue weighted by atomic mass is 9.82. The molecule has 7 rings (SSSR count). The first kappa shape index (κ1) is 31.2. The third kappa shape index (κ3) is 5.13. The molecule has 47 heavy (non-hydrogen) atoms. The molecule has 15 nitrogen and oxygen atoms in total. The minimum atomic E-state index is -1.82. The first-order valence-electron chi connectivity index (χ1n) is 15.0. The summed E-state index contributed by atoms with van der Waals surface area (Å²) in [4.78, 5) is 41.8. The van der Waals surface area contributed by atoms with Gasteiger partial charge in [-0.2, -0.15) is 0 Å². The second kappa shape index (κ2) is 12.0. The molecule has 0 saturated carbocycles. The monoisotopic (exact) mass is 647 g/mol. The molecule has 10 N–H and O–H groups in total. The molecule has 15 heteroatoms. The largest absolute Gasteiger partial charge is 0.504 e. The Hall–Kier alpha value is -4.45. The van der Waals surface area contributed by atoms with E-state index in [9.17, 15) is 39.9 Å². The first-order valence-corrected chi connectivity index (χ1v) is 15.0. The lowest BCUT2D eigenvalue weighted by Crippen LogP contribution is -2.70. The normalized spacial score (nSPS) is 30.0. The van der Waals surface area contributed by atoms with Gasteiger partial charge in [0.05, 0.1) is 18.8 Å². The molecule has 3 aliphatic heterocycles. The molecule has 1 aliphatic carbocycles. The SMILES string of the molecule is NC1NC(=O)C2NCN(c3ccccc3Cc3cc4c(c(O)c3OC3OC(CO)C(O)C(O)C3O)C(=O)c3ccccc3C4=O)C2N1. The molecule has 1 amide bonds. The van der Waals surface area contributed by atoms with Gasteiger partial charge in [0.15, 0.2) is 23.1 Å². The zero-order chi connectivity index (χ0) is 33.1. The van der Waals surface area contributed by atoms with Crippen LogP contribution in [-0.2, 0) is 16.0 Å². The number of para-hydroxylation sites is 1. The zero-order valence-corrected chi connectivity index (χ0v) is 24.7. The highest BCUT2D eigenvalue weighted by Crippen LogP contribution is 2.44. The molecule has 8 unspecified atom stereocenters. The Morgan fingerprint density at radius 1 is 0.915 bits per heavy atom. The van der Waals surface area contributed by atoms with Crippen LogP contribution in [0, 0.1) is 0 Å². The van der Waals surface area contributed by atoms with Crippen molar-refractivity contribution >= 4 is 23.2 Å². The Balaban J connectivity index is 1.33. The molecular weight excluding hydrogens is 614 g/mol. The van der Waals surface area contributed by atoms with Crippen LogP contribution in [0.15, 0.2) is 54.6 Å². The van der Waals surface area contributed by atoms with Crippen molar-refractivity contribution in [3.8, 4) is 11.5 Å². The Kier molecular flexibility index (Phi) is 7.94. The Labute approximate surface area is 267 Å². The number of hydrogen-bond acceptors (Lipinski definition) is 14. The van der Waals surface area contributed by atoms with Crippen LogP contribution in [0.4, 0.5) is 5.69 Å². The van der Waals surface area contributed by atoms with E-state index in [1.54, 1.807) is 18.2 Å². The van der Waals surface area contributed by atoms with E-state index in [4.69, 9.17) is 15.2 Å². The van der Waals surface area contributed by atoms with Crippen molar-refractivity contribution in [3.05, 3.63) is 88.0 Å². The van der Waals surface area contributed by atoms with Crippen molar-refractivity contribution in [2.75, 3.05) is 18.2 Å². The van der Waals surface area contributed by atoms with E-state index in [0.717, 1.165) is 0 Å². The van der Waals surface area contributed by atoms with Crippen LogP contribution in [0.25, 0.3) is 0 Å². The van der Waals surface area contributed by atoms with Gasteiger partial charge in [-0.05, 0) is 17.7 Å². The molecule has 4 aliphatic rings. The van der Waals surface area contributed by atoms with Crippen LogP contribution in [-0.4, -0.2) is 105 Å². The first-order chi connectivity index (χ1) is 22.6. The number of rotatable bonds is 6. The number of aliphatic hydroxyl groups is 4. The number of hydrogen-bond donors (Lipinski definition) is 9. The molecule has 246 valence electrons. The number of phenolic OH excluding ortho intramolecular Hbond substituents is 1. The van der Waals surface area contributed by atoms with Crippen molar-refractivity contribution in [3.63, 3.8) is 0 Å². The number of nitrogens with zero attached hydrogens (tertiary/aromatic N) is 1. The van der Waals surface area contributed by atoms with E-state index in [-0.39, 0.29) is 52.6 Å².